The van der Waals surface area contributed by atoms with Crippen molar-refractivity contribution < 1.29 is 4.79 Å². The molecule has 15 heavy (non-hydrogen) atoms. The van der Waals surface area contributed by atoms with Crippen LogP contribution in [0.15, 0.2) is 12.2 Å². The Bertz CT molecular complexity index is 310. The zero-order valence-corrected chi connectivity index (χ0v) is 9.55. The molecule has 0 radical (unpaired) electrons. The van der Waals surface area contributed by atoms with Crippen molar-refractivity contribution in [2.75, 3.05) is 13.1 Å². The average molecular weight is 206 g/mol. The number of nitrogens with zero attached hydrogens (tertiary/aromatic N) is 2. The SMILES string of the molecule is C=C(C)CN(CC)C(=O)C1(C#N)CCC1. The molecule has 0 heterocycles. The normalized spacial score (nSPS) is 17.4. The van der Waals surface area contributed by atoms with Gasteiger partial charge in [-0.3, -0.25) is 4.79 Å². The second-order valence-corrected chi connectivity index (χ2v) is 4.32. The maximum atomic E-state index is 12.1. The molecule has 1 fully saturated rings. The Morgan fingerprint density at radius 2 is 2.20 bits per heavy atom. The van der Waals surface area contributed by atoms with Gasteiger partial charge in [0.15, 0.2) is 0 Å². The summed E-state index contributed by atoms with van der Waals surface area (Å²) in [5.41, 5.74) is 0.239. The van der Waals surface area contributed by atoms with Gasteiger partial charge in [0.05, 0.1) is 6.07 Å². The van der Waals surface area contributed by atoms with Gasteiger partial charge in [-0.1, -0.05) is 12.2 Å². The third-order valence-corrected chi connectivity index (χ3v) is 2.96. The summed E-state index contributed by atoms with van der Waals surface area (Å²) in [6, 6.07) is 2.18. The first-order chi connectivity index (χ1) is 7.05. The smallest absolute Gasteiger partial charge is 0.243 e. The molecule has 0 unspecified atom stereocenters. The largest absolute Gasteiger partial charge is 0.338 e. The molecule has 1 saturated carbocycles. The van der Waals surface area contributed by atoms with E-state index in [2.05, 4.69) is 12.6 Å². The number of hydrogen-bond donors (Lipinski definition) is 0. The number of likely N-dealkylation sites (N-methyl/N-ethyl adjacent to an activating group) is 1. The highest BCUT2D eigenvalue weighted by atomic mass is 16.2. The van der Waals surface area contributed by atoms with E-state index >= 15 is 0 Å². The number of nitriles is 1. The van der Waals surface area contributed by atoms with Gasteiger partial charge in [0.1, 0.15) is 5.41 Å². The number of carbonyl (C=O) groups excluding carboxylic acids is 1. The van der Waals surface area contributed by atoms with Crippen molar-refractivity contribution in [3.63, 3.8) is 0 Å². The predicted octanol–water partition coefficient (Wildman–Crippen LogP) is 2.10. The van der Waals surface area contributed by atoms with E-state index in [9.17, 15) is 4.79 Å². The molecule has 1 rings (SSSR count). The van der Waals surface area contributed by atoms with Gasteiger partial charge in [-0.25, -0.2) is 0 Å². The fourth-order valence-corrected chi connectivity index (χ4v) is 1.86. The van der Waals surface area contributed by atoms with Gasteiger partial charge in [0.25, 0.3) is 0 Å². The van der Waals surface area contributed by atoms with E-state index in [0.29, 0.717) is 13.1 Å². The van der Waals surface area contributed by atoms with Gasteiger partial charge in [0.2, 0.25) is 5.91 Å². The van der Waals surface area contributed by atoms with Gasteiger partial charge in [-0.15, -0.1) is 0 Å². The zero-order chi connectivity index (χ0) is 11.5. The fraction of sp³-hybridized carbons (Fsp3) is 0.667. The van der Waals surface area contributed by atoms with Gasteiger partial charge in [0, 0.05) is 13.1 Å². The quantitative estimate of drug-likeness (QED) is 0.661. The van der Waals surface area contributed by atoms with E-state index in [1.54, 1.807) is 4.90 Å². The minimum atomic E-state index is -0.717. The van der Waals surface area contributed by atoms with Crippen molar-refractivity contribution in [1.82, 2.24) is 4.90 Å². The summed E-state index contributed by atoms with van der Waals surface area (Å²) in [6.45, 7) is 8.85. The number of amides is 1. The summed E-state index contributed by atoms with van der Waals surface area (Å²) in [5.74, 6) is -0.0123. The fourth-order valence-electron chi connectivity index (χ4n) is 1.86. The maximum absolute atomic E-state index is 12.1. The van der Waals surface area contributed by atoms with Gasteiger partial charge < -0.3 is 4.90 Å². The van der Waals surface area contributed by atoms with E-state index in [-0.39, 0.29) is 5.91 Å². The number of carbonyl (C=O) groups is 1. The molecule has 1 amide bonds. The molecular formula is C12H18N2O. The highest BCUT2D eigenvalue weighted by Gasteiger charge is 2.46. The van der Waals surface area contributed by atoms with E-state index in [1.807, 2.05) is 13.8 Å². The van der Waals surface area contributed by atoms with Crippen LogP contribution in [0.5, 0.6) is 0 Å². The molecule has 0 saturated heterocycles. The first-order valence-corrected chi connectivity index (χ1v) is 5.41. The second kappa shape index (κ2) is 4.48. The average Bonchev–Trinajstić information content (AvgIpc) is 2.12. The lowest BCUT2D eigenvalue weighted by Gasteiger charge is -2.37. The molecule has 0 aromatic rings. The van der Waals surface area contributed by atoms with Crippen LogP contribution in [0.25, 0.3) is 0 Å². The summed E-state index contributed by atoms with van der Waals surface area (Å²) >= 11 is 0. The lowest BCUT2D eigenvalue weighted by molar-refractivity contribution is -0.142. The van der Waals surface area contributed by atoms with Crippen LogP contribution in [-0.2, 0) is 4.79 Å². The Morgan fingerprint density at radius 1 is 1.60 bits per heavy atom. The van der Waals surface area contributed by atoms with Crippen molar-refractivity contribution in [2.45, 2.75) is 33.1 Å². The van der Waals surface area contributed by atoms with Crippen LogP contribution in [0, 0.1) is 16.7 Å². The summed E-state index contributed by atoms with van der Waals surface area (Å²) in [5, 5.41) is 9.07. The summed E-state index contributed by atoms with van der Waals surface area (Å²) in [7, 11) is 0. The van der Waals surface area contributed by atoms with Crippen LogP contribution in [0.3, 0.4) is 0 Å². The predicted molar refractivity (Wildman–Crippen MR) is 59.0 cm³/mol. The van der Waals surface area contributed by atoms with Gasteiger partial charge in [-0.2, -0.15) is 5.26 Å². The highest BCUT2D eigenvalue weighted by molar-refractivity contribution is 5.86. The Kier molecular flexibility index (Phi) is 3.52. The lowest BCUT2D eigenvalue weighted by Crippen LogP contribution is -2.47. The second-order valence-electron chi connectivity index (χ2n) is 4.32. The highest BCUT2D eigenvalue weighted by Crippen LogP contribution is 2.41. The molecule has 0 aliphatic heterocycles. The Morgan fingerprint density at radius 3 is 2.47 bits per heavy atom. The third-order valence-electron chi connectivity index (χ3n) is 2.96. The van der Waals surface area contributed by atoms with E-state index in [1.165, 1.54) is 0 Å². The van der Waals surface area contributed by atoms with Crippen molar-refractivity contribution in [3.05, 3.63) is 12.2 Å². The van der Waals surface area contributed by atoms with Crippen LogP contribution in [-0.4, -0.2) is 23.9 Å². The first kappa shape index (κ1) is 11.8. The molecule has 0 aromatic heterocycles. The van der Waals surface area contributed by atoms with Crippen molar-refractivity contribution in [2.24, 2.45) is 5.41 Å². The number of hydrogen-bond acceptors (Lipinski definition) is 2. The molecule has 0 spiro atoms. The molecule has 0 atom stereocenters. The summed E-state index contributed by atoms with van der Waals surface area (Å²) in [6.07, 6.45) is 2.42. The summed E-state index contributed by atoms with van der Waals surface area (Å²) in [4.78, 5) is 13.8. The molecule has 0 aromatic carbocycles. The maximum Gasteiger partial charge on any atom is 0.243 e. The van der Waals surface area contributed by atoms with Gasteiger partial charge >= 0.3 is 0 Å². The lowest BCUT2D eigenvalue weighted by atomic mass is 9.69. The molecule has 1 aliphatic carbocycles. The monoisotopic (exact) mass is 206 g/mol. The van der Waals surface area contributed by atoms with E-state index in [4.69, 9.17) is 5.26 Å². The molecule has 1 aliphatic rings. The molecule has 3 heteroatoms. The third kappa shape index (κ3) is 2.20. The Labute approximate surface area is 91.4 Å². The van der Waals surface area contributed by atoms with Crippen LogP contribution < -0.4 is 0 Å². The van der Waals surface area contributed by atoms with E-state index in [0.717, 1.165) is 24.8 Å². The van der Waals surface area contributed by atoms with Crippen LogP contribution in [0.1, 0.15) is 33.1 Å². The van der Waals surface area contributed by atoms with E-state index < -0.39 is 5.41 Å². The van der Waals surface area contributed by atoms with Crippen molar-refractivity contribution in [3.8, 4) is 6.07 Å². The van der Waals surface area contributed by atoms with Crippen molar-refractivity contribution in [1.29, 1.82) is 5.26 Å². The Hall–Kier alpha value is -1.30. The van der Waals surface area contributed by atoms with Crippen LogP contribution in [0.4, 0.5) is 0 Å². The standard InChI is InChI=1S/C12H18N2O/c1-4-14(8-10(2)3)11(15)12(9-13)6-5-7-12/h2,4-8H2,1,3H3. The summed E-state index contributed by atoms with van der Waals surface area (Å²) < 4.78 is 0. The van der Waals surface area contributed by atoms with Crippen LogP contribution in [0.2, 0.25) is 0 Å². The Balaban J connectivity index is 2.73. The van der Waals surface area contributed by atoms with Crippen molar-refractivity contribution >= 4 is 5.91 Å². The molecule has 3 nitrogen and oxygen atoms in total. The van der Waals surface area contributed by atoms with Gasteiger partial charge in [-0.05, 0) is 33.1 Å². The van der Waals surface area contributed by atoms with Crippen LogP contribution >= 0.6 is 0 Å². The topological polar surface area (TPSA) is 44.1 Å². The molecule has 0 N–H and O–H groups in total. The minimum absolute atomic E-state index is 0.0123. The molecular weight excluding hydrogens is 188 g/mol. The minimum Gasteiger partial charge on any atom is -0.338 e. The zero-order valence-electron chi connectivity index (χ0n) is 9.55. The number of rotatable bonds is 4. The first-order valence-electron chi connectivity index (χ1n) is 5.41. The molecule has 0 bridgehead atoms. The molecule has 82 valence electrons.